The number of rotatable bonds is 7. The maximum absolute atomic E-state index is 6.10. The van der Waals surface area contributed by atoms with E-state index in [1.807, 2.05) is 68.7 Å². The van der Waals surface area contributed by atoms with Crippen LogP contribution in [-0.4, -0.2) is 73.8 Å². The van der Waals surface area contributed by atoms with E-state index >= 15 is 0 Å². The van der Waals surface area contributed by atoms with Gasteiger partial charge in [0, 0.05) is 37.2 Å². The maximum atomic E-state index is 6.10. The van der Waals surface area contributed by atoms with Crippen LogP contribution < -0.4 is 25.6 Å². The van der Waals surface area contributed by atoms with Crippen molar-refractivity contribution in [3.05, 3.63) is 60.8 Å². The number of aromatic nitrogens is 2. The van der Waals surface area contributed by atoms with Crippen LogP contribution in [-0.2, 0) is 9.47 Å². The molecule has 0 amide bonds. The summed E-state index contributed by atoms with van der Waals surface area (Å²) in [6, 6.07) is 17.6. The van der Waals surface area contributed by atoms with Crippen LogP contribution in [0.4, 0.5) is 17.3 Å². The highest BCUT2D eigenvalue weighted by Crippen LogP contribution is 2.29. The lowest BCUT2D eigenvalue weighted by atomic mass is 10.1. The zero-order chi connectivity index (χ0) is 25.1. The first-order chi connectivity index (χ1) is 17.5. The van der Waals surface area contributed by atoms with Crippen LogP contribution >= 0.6 is 12.2 Å². The first-order valence-corrected chi connectivity index (χ1v) is 12.2. The quantitative estimate of drug-likeness (QED) is 0.415. The molecule has 0 saturated carbocycles. The lowest BCUT2D eigenvalue weighted by Gasteiger charge is -2.20. The van der Waals surface area contributed by atoms with Crippen molar-refractivity contribution in [3.63, 3.8) is 0 Å². The maximum Gasteiger partial charge on any atom is 0.223 e. The molecule has 4 atom stereocenters. The number of hydrogen-bond donors (Lipinski definition) is 3. The molecular formula is C26H30N6O3S. The fourth-order valence-corrected chi connectivity index (χ4v) is 4.71. The Morgan fingerprint density at radius 2 is 1.67 bits per heavy atom. The number of benzene rings is 2. The molecule has 10 heteroatoms. The third-order valence-electron chi connectivity index (χ3n) is 6.37. The minimum absolute atomic E-state index is 0.0469. The van der Waals surface area contributed by atoms with E-state index in [1.165, 1.54) is 0 Å². The molecule has 3 aromatic rings. The zero-order valence-corrected chi connectivity index (χ0v) is 21.3. The number of nitrogens with zero attached hydrogens (tertiary/aromatic N) is 3. The molecule has 188 valence electrons. The second-order valence-electron chi connectivity index (χ2n) is 8.99. The Morgan fingerprint density at radius 1 is 0.972 bits per heavy atom. The molecule has 9 nitrogen and oxygen atoms in total. The number of hydrogen-bond acceptors (Lipinski definition) is 8. The Balaban J connectivity index is 1.17. The highest BCUT2D eigenvalue weighted by Gasteiger charge is 2.48. The zero-order valence-electron chi connectivity index (χ0n) is 20.5. The van der Waals surface area contributed by atoms with Gasteiger partial charge < -0.3 is 35.1 Å². The van der Waals surface area contributed by atoms with Gasteiger partial charge in [0.05, 0.1) is 38.1 Å². The predicted octanol–water partition coefficient (Wildman–Crippen LogP) is 3.15. The average molecular weight is 507 g/mol. The smallest absolute Gasteiger partial charge is 0.223 e. The third kappa shape index (κ3) is 5.35. The summed E-state index contributed by atoms with van der Waals surface area (Å²) >= 11 is 5.54. The molecule has 1 aromatic heterocycles. The summed E-state index contributed by atoms with van der Waals surface area (Å²) in [7, 11) is 5.68. The molecule has 0 spiro atoms. The van der Waals surface area contributed by atoms with Gasteiger partial charge in [-0.1, -0.05) is 0 Å². The first kappa shape index (κ1) is 24.2. The third-order valence-corrected chi connectivity index (χ3v) is 6.59. The van der Waals surface area contributed by atoms with Crippen LogP contribution in [0.2, 0.25) is 0 Å². The van der Waals surface area contributed by atoms with Crippen LogP contribution in [0.15, 0.2) is 60.8 Å². The van der Waals surface area contributed by atoms with Crippen LogP contribution in [0.25, 0.3) is 11.3 Å². The summed E-state index contributed by atoms with van der Waals surface area (Å²) in [6.45, 7) is 0.997. The molecule has 2 saturated heterocycles. The molecule has 3 heterocycles. The highest BCUT2D eigenvalue weighted by atomic mass is 32.1. The van der Waals surface area contributed by atoms with Gasteiger partial charge in [-0.05, 0) is 66.8 Å². The molecule has 2 aromatic carbocycles. The summed E-state index contributed by atoms with van der Waals surface area (Å²) in [5.41, 5.74) is 3.87. The molecule has 2 fully saturated rings. The summed E-state index contributed by atoms with van der Waals surface area (Å²) in [5.74, 6) is 1.34. The molecular weight excluding hydrogens is 476 g/mol. The molecule has 2 aliphatic rings. The minimum atomic E-state index is -0.127. The fourth-order valence-electron chi connectivity index (χ4n) is 4.44. The van der Waals surface area contributed by atoms with Crippen LogP contribution in [0.5, 0.6) is 5.75 Å². The molecule has 0 aliphatic carbocycles. The van der Waals surface area contributed by atoms with Gasteiger partial charge in [0.2, 0.25) is 5.95 Å². The predicted molar refractivity (Wildman–Crippen MR) is 145 cm³/mol. The van der Waals surface area contributed by atoms with Crippen molar-refractivity contribution in [1.29, 1.82) is 0 Å². The van der Waals surface area contributed by atoms with Crippen LogP contribution in [0, 0.1) is 0 Å². The Morgan fingerprint density at radius 3 is 2.36 bits per heavy atom. The Kier molecular flexibility index (Phi) is 7.17. The normalized spacial score (nSPS) is 22.5. The second kappa shape index (κ2) is 10.7. The van der Waals surface area contributed by atoms with E-state index in [0.717, 1.165) is 28.4 Å². The first-order valence-electron chi connectivity index (χ1n) is 11.8. The van der Waals surface area contributed by atoms with Crippen molar-refractivity contribution in [2.45, 2.75) is 24.3 Å². The van der Waals surface area contributed by atoms with E-state index in [2.05, 4.69) is 30.8 Å². The molecule has 2 aliphatic heterocycles. The number of anilines is 3. The van der Waals surface area contributed by atoms with Crippen LogP contribution in [0.1, 0.15) is 0 Å². The van der Waals surface area contributed by atoms with Gasteiger partial charge in [-0.3, -0.25) is 0 Å². The van der Waals surface area contributed by atoms with Gasteiger partial charge in [0.25, 0.3) is 0 Å². The molecule has 36 heavy (non-hydrogen) atoms. The Labute approximate surface area is 216 Å². The van der Waals surface area contributed by atoms with Crippen molar-refractivity contribution in [3.8, 4) is 17.0 Å². The number of nitrogens with one attached hydrogen (secondary N) is 3. The van der Waals surface area contributed by atoms with E-state index in [4.69, 9.17) is 26.4 Å². The summed E-state index contributed by atoms with van der Waals surface area (Å²) < 4.78 is 17.4. The van der Waals surface area contributed by atoms with Gasteiger partial charge in [0.1, 0.15) is 18.0 Å². The van der Waals surface area contributed by atoms with Crippen molar-refractivity contribution >= 4 is 34.7 Å². The monoisotopic (exact) mass is 506 g/mol. The van der Waals surface area contributed by atoms with Gasteiger partial charge in [-0.2, -0.15) is 0 Å². The number of methoxy groups -OCH3 is 1. The van der Waals surface area contributed by atoms with Gasteiger partial charge in [-0.15, -0.1) is 0 Å². The fraction of sp³-hybridized carbons (Fsp3) is 0.346. The summed E-state index contributed by atoms with van der Waals surface area (Å²) in [5, 5.41) is 10.5. The lowest BCUT2D eigenvalue weighted by Crippen LogP contribution is -2.46. The number of ether oxygens (including phenoxy) is 3. The van der Waals surface area contributed by atoms with Gasteiger partial charge in [-0.25, -0.2) is 9.97 Å². The Hall–Kier alpha value is -3.47. The van der Waals surface area contributed by atoms with Crippen LogP contribution in [0.3, 0.4) is 0 Å². The van der Waals surface area contributed by atoms with E-state index in [0.29, 0.717) is 24.3 Å². The topological polar surface area (TPSA) is 92.8 Å². The van der Waals surface area contributed by atoms with Crippen molar-refractivity contribution in [2.24, 2.45) is 0 Å². The number of thiocarbonyl (C=S) groups is 1. The minimum Gasteiger partial charge on any atom is -0.497 e. The highest BCUT2D eigenvalue weighted by molar-refractivity contribution is 7.80. The Bertz CT molecular complexity index is 1190. The molecule has 5 rings (SSSR count). The molecule has 0 radical (unpaired) electrons. The van der Waals surface area contributed by atoms with E-state index < -0.39 is 0 Å². The number of fused-ring (bicyclic) bond motifs is 1. The van der Waals surface area contributed by atoms with Crippen molar-refractivity contribution in [2.75, 3.05) is 50.0 Å². The molecule has 0 bridgehead atoms. The largest absolute Gasteiger partial charge is 0.497 e. The van der Waals surface area contributed by atoms with E-state index in [1.54, 1.807) is 13.3 Å². The van der Waals surface area contributed by atoms with E-state index in [-0.39, 0.29) is 24.3 Å². The molecule has 3 N–H and O–H groups in total. The van der Waals surface area contributed by atoms with Crippen molar-refractivity contribution in [1.82, 2.24) is 15.3 Å². The molecule has 4 unspecified atom stereocenters. The summed E-state index contributed by atoms with van der Waals surface area (Å²) in [6.07, 6.45) is 1.50. The summed E-state index contributed by atoms with van der Waals surface area (Å²) in [4.78, 5) is 11.1. The lowest BCUT2D eigenvalue weighted by molar-refractivity contribution is 0.0689. The van der Waals surface area contributed by atoms with Gasteiger partial charge in [0.15, 0.2) is 5.11 Å². The SMILES string of the molecule is COc1ccc(-c2ccnc(NC3COC4C(NC(=S)Nc5ccc(N(C)C)cc5)COC34)n2)cc1. The van der Waals surface area contributed by atoms with Crippen molar-refractivity contribution < 1.29 is 14.2 Å². The second-order valence-corrected chi connectivity index (χ2v) is 9.40. The van der Waals surface area contributed by atoms with E-state index in [9.17, 15) is 0 Å². The standard InChI is InChI=1S/C26H30N6O3S/c1-32(2)18-8-6-17(7-9-18)28-26(36)31-22-15-35-23-21(14-34-24(22)23)30-25-27-13-12-20(29-25)16-4-10-19(33-3)11-5-16/h4-13,21-24H,14-15H2,1-3H3,(H,27,29,30)(H2,28,31,36). The van der Waals surface area contributed by atoms with Gasteiger partial charge >= 0.3 is 0 Å². The average Bonchev–Trinajstić information content (AvgIpc) is 3.48.